The molecule has 2 N–H and O–H groups in total. The second-order valence-corrected chi connectivity index (χ2v) is 4.44. The Hall–Kier alpha value is -0.410. The molecule has 0 aliphatic heterocycles. The molecule has 1 aromatic rings. The molecule has 11 heavy (non-hydrogen) atoms. The van der Waals surface area contributed by atoms with Gasteiger partial charge in [-0.25, -0.2) is 4.98 Å². The molecule has 0 radical (unpaired) electrons. The van der Waals surface area contributed by atoms with Crippen molar-refractivity contribution >= 4 is 11.3 Å². The molecule has 1 atom stereocenters. The lowest BCUT2D eigenvalue weighted by molar-refractivity contribution is 0.629. The monoisotopic (exact) mass is 168 g/mol. The van der Waals surface area contributed by atoms with Crippen molar-refractivity contribution in [1.82, 2.24) is 4.98 Å². The Balaban J connectivity index is 2.14. The molecular formula is C8H12N2S. The van der Waals surface area contributed by atoms with Crippen molar-refractivity contribution in [2.45, 2.75) is 25.8 Å². The van der Waals surface area contributed by atoms with Gasteiger partial charge in [-0.05, 0) is 25.7 Å². The largest absolute Gasteiger partial charge is 0.322 e. The van der Waals surface area contributed by atoms with Crippen LogP contribution in [0.3, 0.4) is 0 Å². The number of aromatic nitrogens is 1. The molecule has 60 valence electrons. The van der Waals surface area contributed by atoms with Gasteiger partial charge >= 0.3 is 0 Å². The highest BCUT2D eigenvalue weighted by Gasteiger charge is 2.30. The van der Waals surface area contributed by atoms with Gasteiger partial charge in [-0.3, -0.25) is 0 Å². The number of hydrogen-bond donors (Lipinski definition) is 1. The van der Waals surface area contributed by atoms with E-state index in [4.69, 9.17) is 5.73 Å². The first-order valence-corrected chi connectivity index (χ1v) is 4.77. The summed E-state index contributed by atoms with van der Waals surface area (Å²) in [6, 6.07) is 0.216. The van der Waals surface area contributed by atoms with E-state index in [0.717, 1.165) is 10.9 Å². The Morgan fingerprint density at radius 3 is 2.91 bits per heavy atom. The summed E-state index contributed by atoms with van der Waals surface area (Å²) in [5, 5.41) is 1.12. The third-order valence-corrected chi connectivity index (χ3v) is 3.07. The minimum absolute atomic E-state index is 0.216. The van der Waals surface area contributed by atoms with Gasteiger partial charge in [0.15, 0.2) is 0 Å². The first kappa shape index (κ1) is 7.25. The Bertz CT molecular complexity index is 252. The quantitative estimate of drug-likeness (QED) is 0.732. The molecule has 2 nitrogen and oxygen atoms in total. The maximum Gasteiger partial charge on any atom is 0.110 e. The van der Waals surface area contributed by atoms with Crippen LogP contribution in [0.1, 0.15) is 28.8 Å². The van der Waals surface area contributed by atoms with Crippen LogP contribution >= 0.6 is 11.3 Å². The Morgan fingerprint density at radius 2 is 2.45 bits per heavy atom. The second-order valence-electron chi connectivity index (χ2n) is 3.17. The molecule has 1 aliphatic rings. The molecule has 0 spiro atoms. The maximum atomic E-state index is 5.96. The minimum Gasteiger partial charge on any atom is -0.322 e. The standard InChI is InChI=1S/C8H12N2S/c1-5-4-10-8(11-5)7(9)6-2-3-6/h4,6-7H,2-3,9H2,1H3/t7-/m0/s1. The fourth-order valence-electron chi connectivity index (χ4n) is 1.18. The van der Waals surface area contributed by atoms with Crippen LogP contribution in [0, 0.1) is 12.8 Å². The van der Waals surface area contributed by atoms with Crippen molar-refractivity contribution in [3.05, 3.63) is 16.1 Å². The summed E-state index contributed by atoms with van der Waals surface area (Å²) in [7, 11) is 0. The lowest BCUT2D eigenvalue weighted by atomic mass is 10.2. The number of nitrogens with zero attached hydrogens (tertiary/aromatic N) is 1. The zero-order chi connectivity index (χ0) is 7.84. The lowest BCUT2D eigenvalue weighted by Crippen LogP contribution is -2.11. The number of aryl methyl sites for hydroxylation is 1. The molecule has 1 saturated carbocycles. The van der Waals surface area contributed by atoms with Crippen molar-refractivity contribution in [1.29, 1.82) is 0 Å². The summed E-state index contributed by atoms with van der Waals surface area (Å²) in [6.07, 6.45) is 4.49. The van der Waals surface area contributed by atoms with Crippen LogP contribution in [0.15, 0.2) is 6.20 Å². The van der Waals surface area contributed by atoms with E-state index in [9.17, 15) is 0 Å². The summed E-state index contributed by atoms with van der Waals surface area (Å²) in [6.45, 7) is 2.07. The van der Waals surface area contributed by atoms with Crippen LogP contribution in [0.2, 0.25) is 0 Å². The molecule has 1 aliphatic carbocycles. The van der Waals surface area contributed by atoms with Crippen LogP contribution in [0.4, 0.5) is 0 Å². The van der Waals surface area contributed by atoms with Crippen LogP contribution in [0.5, 0.6) is 0 Å². The van der Waals surface area contributed by atoms with E-state index in [2.05, 4.69) is 11.9 Å². The van der Waals surface area contributed by atoms with Gasteiger partial charge in [0.25, 0.3) is 0 Å². The fourth-order valence-corrected chi connectivity index (χ4v) is 2.05. The van der Waals surface area contributed by atoms with Gasteiger partial charge in [0.1, 0.15) is 5.01 Å². The Labute approximate surface area is 70.5 Å². The molecule has 0 bridgehead atoms. The number of rotatable bonds is 2. The van der Waals surface area contributed by atoms with E-state index in [1.807, 2.05) is 6.20 Å². The predicted octanol–water partition coefficient (Wildman–Crippen LogP) is 1.86. The maximum absolute atomic E-state index is 5.96. The summed E-state index contributed by atoms with van der Waals surface area (Å²) in [5.41, 5.74) is 5.96. The van der Waals surface area contributed by atoms with Gasteiger partial charge in [-0.2, -0.15) is 0 Å². The third-order valence-electron chi connectivity index (χ3n) is 2.05. The van der Waals surface area contributed by atoms with Gasteiger partial charge in [0.05, 0.1) is 6.04 Å². The average molecular weight is 168 g/mol. The first-order chi connectivity index (χ1) is 5.27. The SMILES string of the molecule is Cc1cnc([C@@H](N)C2CC2)s1. The second kappa shape index (κ2) is 2.57. The summed E-state index contributed by atoms with van der Waals surface area (Å²) >= 11 is 1.73. The molecule has 0 aromatic carbocycles. The fraction of sp³-hybridized carbons (Fsp3) is 0.625. The minimum atomic E-state index is 0.216. The smallest absolute Gasteiger partial charge is 0.110 e. The molecule has 1 aromatic heterocycles. The van der Waals surface area contributed by atoms with Gasteiger partial charge in [0.2, 0.25) is 0 Å². The summed E-state index contributed by atoms with van der Waals surface area (Å²) in [4.78, 5) is 5.53. The normalized spacial score (nSPS) is 20.2. The third kappa shape index (κ3) is 1.44. The first-order valence-electron chi connectivity index (χ1n) is 3.95. The predicted molar refractivity (Wildman–Crippen MR) is 46.5 cm³/mol. The zero-order valence-electron chi connectivity index (χ0n) is 6.58. The van der Waals surface area contributed by atoms with E-state index in [1.165, 1.54) is 17.7 Å². The number of nitrogens with two attached hydrogens (primary N) is 1. The number of hydrogen-bond acceptors (Lipinski definition) is 3. The molecule has 1 fully saturated rings. The van der Waals surface area contributed by atoms with E-state index >= 15 is 0 Å². The highest BCUT2D eigenvalue weighted by molar-refractivity contribution is 7.11. The molecule has 0 unspecified atom stereocenters. The molecule has 2 rings (SSSR count). The lowest BCUT2D eigenvalue weighted by Gasteiger charge is -2.03. The van der Waals surface area contributed by atoms with Crippen LogP contribution in [0.25, 0.3) is 0 Å². The van der Waals surface area contributed by atoms with E-state index in [1.54, 1.807) is 11.3 Å². The highest BCUT2D eigenvalue weighted by atomic mass is 32.1. The Kier molecular flexibility index (Phi) is 1.69. The van der Waals surface area contributed by atoms with E-state index < -0.39 is 0 Å². The molecule has 0 amide bonds. The van der Waals surface area contributed by atoms with Gasteiger partial charge in [-0.15, -0.1) is 11.3 Å². The van der Waals surface area contributed by atoms with Crippen molar-refractivity contribution < 1.29 is 0 Å². The van der Waals surface area contributed by atoms with E-state index in [-0.39, 0.29) is 6.04 Å². The van der Waals surface area contributed by atoms with Crippen LogP contribution < -0.4 is 5.73 Å². The molecule has 0 saturated heterocycles. The van der Waals surface area contributed by atoms with Gasteiger partial charge in [0, 0.05) is 11.1 Å². The summed E-state index contributed by atoms with van der Waals surface area (Å²) in [5.74, 6) is 0.723. The van der Waals surface area contributed by atoms with Crippen LogP contribution in [-0.4, -0.2) is 4.98 Å². The summed E-state index contributed by atoms with van der Waals surface area (Å²) < 4.78 is 0. The average Bonchev–Trinajstić information content (AvgIpc) is 2.74. The topological polar surface area (TPSA) is 38.9 Å². The zero-order valence-corrected chi connectivity index (χ0v) is 7.40. The molecule has 1 heterocycles. The van der Waals surface area contributed by atoms with Gasteiger partial charge in [-0.1, -0.05) is 0 Å². The van der Waals surface area contributed by atoms with Crippen molar-refractivity contribution in [3.63, 3.8) is 0 Å². The molecule has 3 heteroatoms. The number of thiazole rings is 1. The van der Waals surface area contributed by atoms with E-state index in [0.29, 0.717) is 0 Å². The van der Waals surface area contributed by atoms with Crippen molar-refractivity contribution in [2.75, 3.05) is 0 Å². The van der Waals surface area contributed by atoms with Crippen molar-refractivity contribution in [2.24, 2.45) is 11.7 Å². The van der Waals surface area contributed by atoms with Gasteiger partial charge < -0.3 is 5.73 Å². The van der Waals surface area contributed by atoms with Crippen LogP contribution in [-0.2, 0) is 0 Å². The van der Waals surface area contributed by atoms with Crippen molar-refractivity contribution in [3.8, 4) is 0 Å². The molecular weight excluding hydrogens is 156 g/mol. The highest BCUT2D eigenvalue weighted by Crippen LogP contribution is 2.40. The Morgan fingerprint density at radius 1 is 1.73 bits per heavy atom.